The van der Waals surface area contributed by atoms with E-state index < -0.39 is 0 Å². The normalized spacial score (nSPS) is 9.67. The molecule has 0 aliphatic carbocycles. The fourth-order valence-electron chi connectivity index (χ4n) is 1.12. The van der Waals surface area contributed by atoms with Crippen molar-refractivity contribution in [3.05, 3.63) is 30.5 Å². The van der Waals surface area contributed by atoms with Crippen molar-refractivity contribution in [1.82, 2.24) is 14.4 Å². The van der Waals surface area contributed by atoms with Crippen LogP contribution in [0.15, 0.2) is 24.8 Å². The van der Waals surface area contributed by atoms with E-state index in [9.17, 15) is 0 Å². The largest absolute Gasteiger partial charge is 0.325 e. The van der Waals surface area contributed by atoms with Crippen LogP contribution in [0.5, 0.6) is 0 Å². The number of hydrogen-bond acceptors (Lipinski definition) is 4. The van der Waals surface area contributed by atoms with Crippen LogP contribution in [0.2, 0.25) is 0 Å². The zero-order chi connectivity index (χ0) is 10.7. The first-order valence-electron chi connectivity index (χ1n) is 4.33. The van der Waals surface area contributed by atoms with Crippen molar-refractivity contribution in [3.63, 3.8) is 0 Å². The highest BCUT2D eigenvalue weighted by Crippen LogP contribution is 2.02. The third-order valence-electron chi connectivity index (χ3n) is 1.83. The minimum atomic E-state index is 0.306. The van der Waals surface area contributed by atoms with Crippen molar-refractivity contribution in [2.75, 3.05) is 6.54 Å². The molecular weight excluding hydrogens is 208 g/mol. The zero-order valence-electron chi connectivity index (χ0n) is 7.84. The Morgan fingerprint density at radius 2 is 2.40 bits per heavy atom. The summed E-state index contributed by atoms with van der Waals surface area (Å²) in [5.41, 5.74) is 6.89. The Labute approximate surface area is 92.1 Å². The highest BCUT2D eigenvalue weighted by Gasteiger charge is 1.98. The summed E-state index contributed by atoms with van der Waals surface area (Å²) in [4.78, 5) is 8.65. The van der Waals surface area contributed by atoms with E-state index in [4.69, 9.17) is 18.0 Å². The van der Waals surface area contributed by atoms with Crippen molar-refractivity contribution in [1.29, 1.82) is 0 Å². The van der Waals surface area contributed by atoms with Crippen LogP contribution in [-0.2, 0) is 0 Å². The summed E-state index contributed by atoms with van der Waals surface area (Å²) in [6.45, 7) is 0.306. The lowest BCUT2D eigenvalue weighted by Crippen LogP contribution is -2.08. The molecular formula is C10H8N4S. The summed E-state index contributed by atoms with van der Waals surface area (Å²) in [6.07, 6.45) is 6.84. The van der Waals surface area contributed by atoms with Crippen LogP contribution < -0.4 is 5.73 Å². The summed E-state index contributed by atoms with van der Waals surface area (Å²) >= 11 is 4.91. The molecule has 2 heterocycles. The molecule has 0 aromatic carbocycles. The minimum absolute atomic E-state index is 0.306. The molecule has 2 aromatic heterocycles. The van der Waals surface area contributed by atoms with Crippen LogP contribution in [0.1, 0.15) is 5.69 Å². The minimum Gasteiger partial charge on any atom is -0.325 e. The smallest absolute Gasteiger partial charge is 0.156 e. The van der Waals surface area contributed by atoms with Crippen LogP contribution in [0.25, 0.3) is 5.65 Å². The van der Waals surface area contributed by atoms with E-state index in [0.717, 1.165) is 11.3 Å². The molecule has 0 bridgehead atoms. The Morgan fingerprint density at radius 1 is 1.53 bits per heavy atom. The van der Waals surface area contributed by atoms with Crippen LogP contribution in [-0.4, -0.2) is 25.8 Å². The molecule has 74 valence electrons. The Hall–Kier alpha value is -1.77. The molecule has 2 N–H and O–H groups in total. The molecule has 0 aliphatic heterocycles. The van der Waals surface area contributed by atoms with Crippen LogP contribution >= 0.6 is 12.2 Å². The third kappa shape index (κ3) is 2.01. The van der Waals surface area contributed by atoms with Gasteiger partial charge in [0.1, 0.15) is 5.69 Å². The molecule has 5 heteroatoms. The molecule has 2 rings (SSSR count). The third-order valence-corrected chi connectivity index (χ3v) is 2.10. The number of aromatic nitrogens is 3. The molecule has 0 amide bonds. The Bertz CT molecular complexity index is 561. The van der Waals surface area contributed by atoms with Gasteiger partial charge in [0, 0.05) is 18.9 Å². The van der Waals surface area contributed by atoms with E-state index in [2.05, 4.69) is 21.8 Å². The monoisotopic (exact) mass is 216 g/mol. The molecule has 0 unspecified atom stereocenters. The van der Waals surface area contributed by atoms with E-state index >= 15 is 0 Å². The molecule has 0 atom stereocenters. The van der Waals surface area contributed by atoms with Crippen molar-refractivity contribution in [2.45, 2.75) is 0 Å². The van der Waals surface area contributed by atoms with E-state index in [-0.39, 0.29) is 0 Å². The first-order chi connectivity index (χ1) is 7.31. The van der Waals surface area contributed by atoms with Crippen molar-refractivity contribution < 1.29 is 0 Å². The quantitative estimate of drug-likeness (QED) is 0.554. The van der Waals surface area contributed by atoms with Gasteiger partial charge in [0.2, 0.25) is 0 Å². The Kier molecular flexibility index (Phi) is 2.72. The number of fused-ring (bicyclic) bond motifs is 1. The molecule has 0 saturated heterocycles. The fourth-order valence-corrected chi connectivity index (χ4v) is 1.17. The zero-order valence-corrected chi connectivity index (χ0v) is 8.66. The summed E-state index contributed by atoms with van der Waals surface area (Å²) in [7, 11) is 0. The maximum atomic E-state index is 5.35. The summed E-state index contributed by atoms with van der Waals surface area (Å²) in [5.74, 6) is 5.72. The predicted octanol–water partition coefficient (Wildman–Crippen LogP) is 0.409. The lowest BCUT2D eigenvalue weighted by atomic mass is 10.4. The van der Waals surface area contributed by atoms with Gasteiger partial charge < -0.3 is 5.73 Å². The maximum Gasteiger partial charge on any atom is 0.156 e. The van der Waals surface area contributed by atoms with Crippen molar-refractivity contribution in [3.8, 4) is 11.8 Å². The van der Waals surface area contributed by atoms with Crippen LogP contribution in [0.3, 0.4) is 0 Å². The summed E-state index contributed by atoms with van der Waals surface area (Å²) in [5, 5.41) is 0. The van der Waals surface area contributed by atoms with Gasteiger partial charge in [-0.3, -0.25) is 9.38 Å². The number of thiocarbonyl (C=S) groups is 1. The first-order valence-corrected chi connectivity index (χ1v) is 4.74. The van der Waals surface area contributed by atoms with E-state index in [0.29, 0.717) is 11.4 Å². The van der Waals surface area contributed by atoms with Gasteiger partial charge in [0.25, 0.3) is 0 Å². The topological polar surface area (TPSA) is 56.2 Å². The number of rotatable bonds is 1. The van der Waals surface area contributed by atoms with Gasteiger partial charge in [-0.05, 0) is 5.92 Å². The molecule has 0 fully saturated rings. The van der Waals surface area contributed by atoms with Crippen molar-refractivity contribution >= 4 is 22.7 Å². The SMILES string of the molecule is NCC(=S)C#Cc1cnc2cnccn12. The Balaban J connectivity index is 2.43. The first kappa shape index (κ1) is 9.77. The number of nitrogens with zero attached hydrogens (tertiary/aromatic N) is 3. The molecule has 0 spiro atoms. The molecule has 0 radical (unpaired) electrons. The summed E-state index contributed by atoms with van der Waals surface area (Å²) < 4.78 is 1.85. The molecule has 0 aliphatic rings. The standard InChI is InChI=1S/C10H8N4S/c11-5-9(15)2-1-8-6-13-10-7-12-3-4-14(8)10/h3-4,6-7H,5,11H2. The highest BCUT2D eigenvalue weighted by molar-refractivity contribution is 7.81. The maximum absolute atomic E-state index is 5.35. The number of nitrogens with two attached hydrogens (primary N) is 1. The van der Waals surface area contributed by atoms with E-state index in [1.807, 2.05) is 4.40 Å². The van der Waals surface area contributed by atoms with E-state index in [1.54, 1.807) is 24.8 Å². The lowest BCUT2D eigenvalue weighted by Gasteiger charge is -1.91. The molecule has 15 heavy (non-hydrogen) atoms. The second kappa shape index (κ2) is 4.17. The average molecular weight is 216 g/mol. The molecule has 0 saturated carbocycles. The number of hydrogen-bond donors (Lipinski definition) is 1. The summed E-state index contributed by atoms with van der Waals surface area (Å²) in [6, 6.07) is 0. The van der Waals surface area contributed by atoms with Gasteiger partial charge >= 0.3 is 0 Å². The highest BCUT2D eigenvalue weighted by atomic mass is 32.1. The Morgan fingerprint density at radius 3 is 3.20 bits per heavy atom. The van der Waals surface area contributed by atoms with Gasteiger partial charge in [-0.1, -0.05) is 18.1 Å². The lowest BCUT2D eigenvalue weighted by molar-refractivity contribution is 1.11. The molecule has 2 aromatic rings. The van der Waals surface area contributed by atoms with Crippen LogP contribution in [0, 0.1) is 11.8 Å². The van der Waals surface area contributed by atoms with Gasteiger partial charge in [0.15, 0.2) is 5.65 Å². The number of imidazole rings is 1. The van der Waals surface area contributed by atoms with E-state index in [1.165, 1.54) is 0 Å². The van der Waals surface area contributed by atoms with Gasteiger partial charge in [-0.25, -0.2) is 4.98 Å². The molecule has 4 nitrogen and oxygen atoms in total. The van der Waals surface area contributed by atoms with Crippen LogP contribution in [0.4, 0.5) is 0 Å². The average Bonchev–Trinajstić information content (AvgIpc) is 2.69. The second-order valence-corrected chi connectivity index (χ2v) is 3.32. The second-order valence-electron chi connectivity index (χ2n) is 2.83. The van der Waals surface area contributed by atoms with Gasteiger partial charge in [0.05, 0.1) is 17.3 Å². The fraction of sp³-hybridized carbons (Fsp3) is 0.100. The van der Waals surface area contributed by atoms with Gasteiger partial charge in [-0.2, -0.15) is 0 Å². The van der Waals surface area contributed by atoms with Crippen molar-refractivity contribution in [2.24, 2.45) is 5.73 Å². The predicted molar refractivity (Wildman–Crippen MR) is 61.5 cm³/mol. The van der Waals surface area contributed by atoms with Gasteiger partial charge in [-0.15, -0.1) is 0 Å².